The highest BCUT2D eigenvalue weighted by molar-refractivity contribution is 6.01. The third-order valence-electron chi connectivity index (χ3n) is 5.68. The molecule has 0 amide bonds. The highest BCUT2D eigenvalue weighted by Gasteiger charge is 2.33. The van der Waals surface area contributed by atoms with E-state index in [0.717, 1.165) is 22.4 Å². The van der Waals surface area contributed by atoms with Crippen LogP contribution in [0.5, 0.6) is 0 Å². The van der Waals surface area contributed by atoms with Gasteiger partial charge in [0.1, 0.15) is 6.10 Å². The maximum Gasteiger partial charge on any atom is 0.269 e. The van der Waals surface area contributed by atoms with Crippen LogP contribution in [0.3, 0.4) is 0 Å². The van der Waals surface area contributed by atoms with Crippen LogP contribution in [0.15, 0.2) is 71.4 Å². The van der Waals surface area contributed by atoms with Crippen molar-refractivity contribution in [3.8, 4) is 0 Å². The van der Waals surface area contributed by atoms with E-state index in [1.165, 1.54) is 12.1 Å². The lowest BCUT2D eigenvalue weighted by atomic mass is 9.98. The number of ketones is 1. The molecule has 0 aromatic heterocycles. The van der Waals surface area contributed by atoms with Crippen molar-refractivity contribution in [3.05, 3.63) is 92.7 Å². The van der Waals surface area contributed by atoms with Gasteiger partial charge in [-0.1, -0.05) is 30.3 Å². The normalized spacial score (nSPS) is 19.0. The summed E-state index contributed by atoms with van der Waals surface area (Å²) >= 11 is 0. The SMILES string of the molecule is O=C(c1ccccc1)C(O)C1=C(N2CCOCC2)/C(=C/c2ccc([N+](=O)[O-])cc2)CC1. The number of aliphatic hydroxyl groups is 1. The minimum Gasteiger partial charge on any atom is -0.380 e. The summed E-state index contributed by atoms with van der Waals surface area (Å²) in [7, 11) is 0. The number of nitro benzene ring substituents is 1. The Morgan fingerprint density at radius 1 is 1.06 bits per heavy atom. The number of morpholine rings is 1. The molecule has 1 heterocycles. The van der Waals surface area contributed by atoms with E-state index in [-0.39, 0.29) is 11.5 Å². The first-order chi connectivity index (χ1) is 15.0. The van der Waals surface area contributed by atoms with E-state index in [0.29, 0.717) is 44.7 Å². The first-order valence-electron chi connectivity index (χ1n) is 10.3. The van der Waals surface area contributed by atoms with Crippen LogP contribution in [-0.4, -0.2) is 53.1 Å². The number of nitro groups is 1. The van der Waals surface area contributed by atoms with E-state index in [2.05, 4.69) is 4.90 Å². The van der Waals surface area contributed by atoms with Gasteiger partial charge in [0.25, 0.3) is 5.69 Å². The molecule has 2 aromatic carbocycles. The van der Waals surface area contributed by atoms with Crippen LogP contribution in [-0.2, 0) is 4.74 Å². The Morgan fingerprint density at radius 3 is 2.39 bits per heavy atom. The molecule has 1 aliphatic carbocycles. The number of ether oxygens (including phenoxy) is 1. The molecule has 31 heavy (non-hydrogen) atoms. The summed E-state index contributed by atoms with van der Waals surface area (Å²) in [6, 6.07) is 15.2. The number of rotatable bonds is 6. The quantitative estimate of drug-likeness (QED) is 0.436. The number of benzene rings is 2. The minimum absolute atomic E-state index is 0.0436. The molecule has 1 atom stereocenters. The molecule has 7 heteroatoms. The van der Waals surface area contributed by atoms with E-state index in [9.17, 15) is 20.0 Å². The third-order valence-corrected chi connectivity index (χ3v) is 5.68. The molecular formula is C24H24N2O5. The van der Waals surface area contributed by atoms with Gasteiger partial charge in [-0.05, 0) is 47.8 Å². The number of carbonyl (C=O) groups excluding carboxylic acids is 1. The van der Waals surface area contributed by atoms with Gasteiger partial charge in [-0.15, -0.1) is 0 Å². The second-order valence-electron chi connectivity index (χ2n) is 7.62. The lowest BCUT2D eigenvalue weighted by Crippen LogP contribution is -2.37. The molecular weight excluding hydrogens is 396 g/mol. The first kappa shape index (κ1) is 21.0. The lowest BCUT2D eigenvalue weighted by molar-refractivity contribution is -0.384. The standard InChI is InChI=1S/C24H24N2O5/c27-23(18-4-2-1-3-5-18)24(28)21-11-8-19(22(21)25-12-14-31-15-13-25)16-17-6-9-20(10-7-17)26(29)30/h1-7,9-10,16,24,28H,8,11-15H2/b19-16+. The van der Waals surface area contributed by atoms with Crippen molar-refractivity contribution in [2.75, 3.05) is 26.3 Å². The molecule has 1 unspecified atom stereocenters. The van der Waals surface area contributed by atoms with Gasteiger partial charge in [-0.2, -0.15) is 0 Å². The summed E-state index contributed by atoms with van der Waals surface area (Å²) in [6.45, 7) is 2.54. The molecule has 4 rings (SSSR count). The summed E-state index contributed by atoms with van der Waals surface area (Å²) in [6.07, 6.45) is 2.06. The Bertz CT molecular complexity index is 1020. The third kappa shape index (κ3) is 4.57. The van der Waals surface area contributed by atoms with Gasteiger partial charge in [0.15, 0.2) is 5.78 Å². The molecule has 160 valence electrons. The van der Waals surface area contributed by atoms with Gasteiger partial charge in [0.2, 0.25) is 0 Å². The summed E-state index contributed by atoms with van der Waals surface area (Å²) in [5.74, 6) is -0.307. The van der Waals surface area contributed by atoms with Crippen molar-refractivity contribution in [2.45, 2.75) is 18.9 Å². The fraction of sp³-hybridized carbons (Fsp3) is 0.292. The molecule has 1 aliphatic heterocycles. The molecule has 2 aliphatic rings. The Kier molecular flexibility index (Phi) is 6.25. The zero-order valence-electron chi connectivity index (χ0n) is 17.1. The van der Waals surface area contributed by atoms with Crippen molar-refractivity contribution in [2.24, 2.45) is 0 Å². The van der Waals surface area contributed by atoms with Gasteiger partial charge in [0.05, 0.1) is 18.1 Å². The molecule has 2 aromatic rings. The molecule has 1 fully saturated rings. The van der Waals surface area contributed by atoms with Gasteiger partial charge in [-0.3, -0.25) is 14.9 Å². The van der Waals surface area contributed by atoms with Gasteiger partial charge < -0.3 is 14.7 Å². The lowest BCUT2D eigenvalue weighted by Gasteiger charge is -2.32. The summed E-state index contributed by atoms with van der Waals surface area (Å²) < 4.78 is 5.48. The average Bonchev–Trinajstić information content (AvgIpc) is 3.23. The average molecular weight is 420 g/mol. The molecule has 0 bridgehead atoms. The first-order valence-corrected chi connectivity index (χ1v) is 10.3. The molecule has 0 radical (unpaired) electrons. The van der Waals surface area contributed by atoms with E-state index in [4.69, 9.17) is 4.74 Å². The molecule has 1 saturated heterocycles. The monoisotopic (exact) mass is 420 g/mol. The van der Waals surface area contributed by atoms with E-state index >= 15 is 0 Å². The highest BCUT2D eigenvalue weighted by atomic mass is 16.6. The number of hydrogen-bond donors (Lipinski definition) is 1. The van der Waals surface area contributed by atoms with Crippen molar-refractivity contribution >= 4 is 17.5 Å². The predicted octanol–water partition coefficient (Wildman–Crippen LogP) is 3.60. The number of hydrogen-bond acceptors (Lipinski definition) is 6. The number of Topliss-reactive ketones (excluding diaryl/α,β-unsaturated/α-hetero) is 1. The molecule has 0 spiro atoms. The second kappa shape index (κ2) is 9.24. The Hall–Kier alpha value is -3.29. The van der Waals surface area contributed by atoms with Crippen LogP contribution >= 0.6 is 0 Å². The van der Waals surface area contributed by atoms with Crippen LogP contribution in [0.1, 0.15) is 28.8 Å². The molecule has 7 nitrogen and oxygen atoms in total. The van der Waals surface area contributed by atoms with Crippen LogP contribution < -0.4 is 0 Å². The summed E-state index contributed by atoms with van der Waals surface area (Å²) in [4.78, 5) is 25.6. The smallest absolute Gasteiger partial charge is 0.269 e. The van der Waals surface area contributed by atoms with Gasteiger partial charge in [0, 0.05) is 36.5 Å². The number of aliphatic hydroxyl groups excluding tert-OH is 1. The number of carbonyl (C=O) groups is 1. The maximum atomic E-state index is 12.9. The van der Waals surface area contributed by atoms with Crippen molar-refractivity contribution < 1.29 is 19.6 Å². The van der Waals surface area contributed by atoms with Crippen LogP contribution in [0.25, 0.3) is 6.08 Å². The molecule has 1 N–H and O–H groups in total. The number of nitrogens with zero attached hydrogens (tertiary/aromatic N) is 2. The molecule has 0 saturated carbocycles. The fourth-order valence-corrected chi connectivity index (χ4v) is 4.12. The number of non-ortho nitro benzene ring substituents is 1. The highest BCUT2D eigenvalue weighted by Crippen LogP contribution is 2.38. The predicted molar refractivity (Wildman–Crippen MR) is 117 cm³/mol. The summed E-state index contributed by atoms with van der Waals surface area (Å²) in [5, 5.41) is 21.9. The van der Waals surface area contributed by atoms with Crippen molar-refractivity contribution in [1.29, 1.82) is 0 Å². The Morgan fingerprint density at radius 2 is 1.74 bits per heavy atom. The zero-order valence-corrected chi connectivity index (χ0v) is 17.1. The minimum atomic E-state index is -1.21. The number of allylic oxidation sites excluding steroid dienone is 1. The Balaban J connectivity index is 1.69. The van der Waals surface area contributed by atoms with Crippen LogP contribution in [0, 0.1) is 10.1 Å². The van der Waals surface area contributed by atoms with E-state index in [1.807, 2.05) is 12.1 Å². The zero-order chi connectivity index (χ0) is 21.8. The van der Waals surface area contributed by atoms with Gasteiger partial charge >= 0.3 is 0 Å². The van der Waals surface area contributed by atoms with E-state index < -0.39 is 11.0 Å². The maximum absolute atomic E-state index is 12.9. The van der Waals surface area contributed by atoms with Crippen molar-refractivity contribution in [1.82, 2.24) is 4.90 Å². The Labute approximate surface area is 180 Å². The van der Waals surface area contributed by atoms with Crippen LogP contribution in [0.2, 0.25) is 0 Å². The second-order valence-corrected chi connectivity index (χ2v) is 7.62. The fourth-order valence-electron chi connectivity index (χ4n) is 4.12. The van der Waals surface area contributed by atoms with Crippen LogP contribution in [0.4, 0.5) is 5.69 Å². The topological polar surface area (TPSA) is 92.9 Å². The van der Waals surface area contributed by atoms with E-state index in [1.54, 1.807) is 36.4 Å². The van der Waals surface area contributed by atoms with Gasteiger partial charge in [-0.25, -0.2) is 0 Å². The summed E-state index contributed by atoms with van der Waals surface area (Å²) in [5.41, 5.74) is 4.02. The largest absolute Gasteiger partial charge is 0.380 e. The van der Waals surface area contributed by atoms with Crippen molar-refractivity contribution in [3.63, 3.8) is 0 Å².